The van der Waals surface area contributed by atoms with Gasteiger partial charge in [0.1, 0.15) is 0 Å². The van der Waals surface area contributed by atoms with Crippen molar-refractivity contribution in [2.24, 2.45) is 11.8 Å². The number of pyridine rings is 1. The van der Waals surface area contributed by atoms with Gasteiger partial charge in [-0.1, -0.05) is 57.6 Å². The molecule has 2 N–H and O–H groups in total. The third-order valence-electron chi connectivity index (χ3n) is 9.75. The van der Waals surface area contributed by atoms with E-state index in [2.05, 4.69) is 48.7 Å². The average molecular weight is 512 g/mol. The van der Waals surface area contributed by atoms with Crippen LogP contribution in [0.4, 0.5) is 0 Å². The Morgan fingerprint density at radius 3 is 2.37 bits per heavy atom. The summed E-state index contributed by atoms with van der Waals surface area (Å²) in [6, 6.07) is 14.5. The summed E-state index contributed by atoms with van der Waals surface area (Å²) in [5, 5.41) is 9.81. The van der Waals surface area contributed by atoms with Crippen molar-refractivity contribution in [3.05, 3.63) is 53.6 Å². The summed E-state index contributed by atoms with van der Waals surface area (Å²) in [5.74, 6) is 1.57. The second-order valence-electron chi connectivity index (χ2n) is 13.1. The van der Waals surface area contributed by atoms with Crippen molar-refractivity contribution >= 4 is 27.7 Å². The maximum atomic E-state index is 13.6. The molecule has 4 nitrogen and oxygen atoms in total. The summed E-state index contributed by atoms with van der Waals surface area (Å²) in [7, 11) is 0. The summed E-state index contributed by atoms with van der Waals surface area (Å²) in [5.41, 5.74) is 4.10. The van der Waals surface area contributed by atoms with Gasteiger partial charge >= 0.3 is 0 Å². The predicted octanol–water partition coefficient (Wildman–Crippen LogP) is 7.86. The molecular formula is C34H45N3O. The minimum Gasteiger partial charge on any atom is -0.347 e. The van der Waals surface area contributed by atoms with Gasteiger partial charge in [-0.05, 0) is 106 Å². The molecular weight excluding hydrogens is 466 g/mol. The normalized spacial score (nSPS) is 27.8. The number of fused-ring (bicyclic) bond motifs is 2. The van der Waals surface area contributed by atoms with E-state index in [0.29, 0.717) is 0 Å². The summed E-state index contributed by atoms with van der Waals surface area (Å²) in [4.78, 5) is 18.5. The average Bonchev–Trinajstić information content (AvgIpc) is 2.87. The Kier molecular flexibility index (Phi) is 7.20. The topological polar surface area (TPSA) is 54.0 Å². The Morgan fingerprint density at radius 1 is 0.842 bits per heavy atom. The monoisotopic (exact) mass is 511 g/mol. The minimum atomic E-state index is -0.0531. The number of hydrogen-bond donors (Lipinski definition) is 2. The fourth-order valence-electron chi connectivity index (χ4n) is 8.45. The van der Waals surface area contributed by atoms with Crippen molar-refractivity contribution in [1.82, 2.24) is 15.6 Å². The maximum Gasteiger partial charge on any atom is 0.251 e. The van der Waals surface area contributed by atoms with Crippen LogP contribution in [0.2, 0.25) is 0 Å². The van der Waals surface area contributed by atoms with E-state index in [1.807, 2.05) is 18.2 Å². The molecule has 0 saturated heterocycles. The van der Waals surface area contributed by atoms with Crippen LogP contribution < -0.4 is 10.6 Å². The van der Waals surface area contributed by atoms with Gasteiger partial charge in [-0.3, -0.25) is 4.79 Å². The highest BCUT2D eigenvalue weighted by Crippen LogP contribution is 2.57. The van der Waals surface area contributed by atoms with Gasteiger partial charge in [0.05, 0.1) is 11.0 Å². The number of carbonyl (C=O) groups is 1. The third kappa shape index (κ3) is 5.34. The fourth-order valence-corrected chi connectivity index (χ4v) is 8.45. The molecule has 1 amide bonds. The number of nitrogens with zero attached hydrogens (tertiary/aromatic N) is 1. The van der Waals surface area contributed by atoms with Crippen molar-refractivity contribution in [3.63, 3.8) is 0 Å². The zero-order valence-electron chi connectivity index (χ0n) is 23.5. The molecule has 4 heteroatoms. The van der Waals surface area contributed by atoms with Gasteiger partial charge in [0.15, 0.2) is 0 Å². The van der Waals surface area contributed by atoms with Crippen LogP contribution in [-0.2, 0) is 0 Å². The van der Waals surface area contributed by atoms with Crippen molar-refractivity contribution in [3.8, 4) is 0 Å². The lowest BCUT2D eigenvalue weighted by Gasteiger charge is -2.62. The summed E-state index contributed by atoms with van der Waals surface area (Å²) in [6.45, 7) is 5.51. The molecule has 2 aromatic carbocycles. The molecule has 202 valence electrons. The molecule has 3 aromatic rings. The Morgan fingerprint density at radius 2 is 1.58 bits per heavy atom. The van der Waals surface area contributed by atoms with Crippen LogP contribution in [0, 0.1) is 18.8 Å². The number of benzene rings is 2. The van der Waals surface area contributed by atoms with Crippen molar-refractivity contribution in [2.75, 3.05) is 6.54 Å². The van der Waals surface area contributed by atoms with Gasteiger partial charge in [-0.15, -0.1) is 0 Å². The summed E-state index contributed by atoms with van der Waals surface area (Å²) < 4.78 is 0. The molecule has 4 bridgehead atoms. The van der Waals surface area contributed by atoms with E-state index in [4.69, 9.17) is 4.98 Å². The van der Waals surface area contributed by atoms with Crippen LogP contribution in [0.15, 0.2) is 42.5 Å². The number of aryl methyl sites for hydroxylation is 1. The fraction of sp³-hybridized carbons (Fsp3) is 0.588. The molecule has 4 saturated carbocycles. The second-order valence-corrected chi connectivity index (χ2v) is 13.1. The Balaban J connectivity index is 1.12. The lowest BCUT2D eigenvalue weighted by Crippen LogP contribution is -2.69. The van der Waals surface area contributed by atoms with Crippen LogP contribution >= 0.6 is 0 Å². The molecule has 0 radical (unpaired) electrons. The lowest BCUT2D eigenvalue weighted by molar-refractivity contribution is -0.0483. The number of aromatic nitrogens is 1. The van der Waals surface area contributed by atoms with Gasteiger partial charge in [0, 0.05) is 27.4 Å². The summed E-state index contributed by atoms with van der Waals surface area (Å²) >= 11 is 0. The van der Waals surface area contributed by atoms with E-state index in [1.54, 1.807) is 0 Å². The van der Waals surface area contributed by atoms with Gasteiger partial charge in [-0.2, -0.15) is 0 Å². The van der Waals surface area contributed by atoms with E-state index in [-0.39, 0.29) is 17.0 Å². The van der Waals surface area contributed by atoms with Crippen LogP contribution in [0.1, 0.15) is 106 Å². The zero-order chi connectivity index (χ0) is 26.2. The van der Waals surface area contributed by atoms with Crippen molar-refractivity contribution in [2.45, 2.75) is 108 Å². The third-order valence-corrected chi connectivity index (χ3v) is 9.75. The van der Waals surface area contributed by atoms with Gasteiger partial charge in [0.25, 0.3) is 5.91 Å². The van der Waals surface area contributed by atoms with Gasteiger partial charge in [0.2, 0.25) is 0 Å². The zero-order valence-corrected chi connectivity index (χ0v) is 23.5. The number of carbonyl (C=O) groups excluding carboxylic acids is 1. The number of unbranched alkanes of at least 4 members (excludes halogenated alkanes) is 6. The van der Waals surface area contributed by atoms with E-state index < -0.39 is 0 Å². The molecule has 1 heterocycles. The first kappa shape index (κ1) is 25.8. The molecule has 0 spiro atoms. The Hall–Kier alpha value is -2.46. The highest BCUT2D eigenvalue weighted by Gasteiger charge is 2.58. The van der Waals surface area contributed by atoms with E-state index in [0.717, 1.165) is 65.0 Å². The van der Waals surface area contributed by atoms with Crippen LogP contribution in [0.25, 0.3) is 21.8 Å². The maximum absolute atomic E-state index is 13.6. The summed E-state index contributed by atoms with van der Waals surface area (Å²) in [6.07, 6.45) is 16.8. The Labute approximate surface area is 228 Å². The van der Waals surface area contributed by atoms with E-state index in [9.17, 15) is 4.79 Å². The number of nitrogens with one attached hydrogen (secondary N) is 2. The highest BCUT2D eigenvalue weighted by atomic mass is 16.1. The SMILES string of the molecule is CCCCCCCCCNC12CC3CC(C1)CC(NC(=O)c1ccc4nc5cc(C)ccc5cc4c1)(C3)C2. The first-order valence-electron chi connectivity index (χ1n) is 15.3. The van der Waals surface area contributed by atoms with Crippen molar-refractivity contribution in [1.29, 1.82) is 0 Å². The lowest BCUT2D eigenvalue weighted by atomic mass is 9.50. The standard InChI is InChI=1S/C34H45N3O/c1-3-4-5-6-7-8-9-14-35-33-19-25-16-26(20-33)22-34(21-25,23-33)37-32(38)28-12-13-30-29(18-28)17-27-11-10-24(2)15-31(27)36-30/h10-13,15,17-18,25-26,35H,3-9,14,16,19-23H2,1-2H3,(H,37,38). The molecule has 1 aromatic heterocycles. The number of hydrogen-bond acceptors (Lipinski definition) is 3. The molecule has 4 aliphatic rings. The molecule has 2 unspecified atom stereocenters. The van der Waals surface area contributed by atoms with Crippen LogP contribution in [0.3, 0.4) is 0 Å². The smallest absolute Gasteiger partial charge is 0.251 e. The number of amides is 1. The molecule has 38 heavy (non-hydrogen) atoms. The molecule has 7 rings (SSSR count). The highest BCUT2D eigenvalue weighted by molar-refractivity contribution is 6.00. The Bertz CT molecular complexity index is 1300. The van der Waals surface area contributed by atoms with Crippen molar-refractivity contribution < 1.29 is 4.79 Å². The molecule has 4 aliphatic carbocycles. The first-order valence-corrected chi connectivity index (χ1v) is 15.3. The van der Waals surface area contributed by atoms with E-state index >= 15 is 0 Å². The molecule has 0 aliphatic heterocycles. The largest absolute Gasteiger partial charge is 0.347 e. The van der Waals surface area contributed by atoms with E-state index in [1.165, 1.54) is 69.8 Å². The molecule has 4 fully saturated rings. The first-order chi connectivity index (χ1) is 18.4. The minimum absolute atomic E-state index is 0.0531. The van der Waals surface area contributed by atoms with Gasteiger partial charge in [-0.25, -0.2) is 4.98 Å². The predicted molar refractivity (Wildman–Crippen MR) is 158 cm³/mol. The number of rotatable bonds is 11. The quantitative estimate of drug-likeness (QED) is 0.203. The van der Waals surface area contributed by atoms with Gasteiger partial charge < -0.3 is 10.6 Å². The van der Waals surface area contributed by atoms with Crippen LogP contribution in [-0.4, -0.2) is 28.5 Å². The second kappa shape index (κ2) is 10.6. The molecule has 2 atom stereocenters. The van der Waals surface area contributed by atoms with Crippen LogP contribution in [0.5, 0.6) is 0 Å².